The maximum Gasteiger partial charge on any atom is 0.280 e. The van der Waals surface area contributed by atoms with Crippen LogP contribution in [0.5, 0.6) is 0 Å². The fourth-order valence-electron chi connectivity index (χ4n) is 5.24. The van der Waals surface area contributed by atoms with Gasteiger partial charge in [-0.25, -0.2) is 9.36 Å². The van der Waals surface area contributed by atoms with Crippen molar-refractivity contribution in [3.05, 3.63) is 104 Å². The van der Waals surface area contributed by atoms with Crippen LogP contribution in [0.4, 0.5) is 0 Å². The van der Waals surface area contributed by atoms with E-state index in [9.17, 15) is 9.59 Å². The molecule has 0 radical (unpaired) electrons. The van der Waals surface area contributed by atoms with Gasteiger partial charge in [-0.15, -0.1) is 0 Å². The van der Waals surface area contributed by atoms with Crippen LogP contribution >= 0.6 is 0 Å². The molecule has 2 heterocycles. The first-order chi connectivity index (χ1) is 20.2. The lowest BCUT2D eigenvalue weighted by Gasteiger charge is -2.19. The Labute approximate surface area is 254 Å². The van der Waals surface area contributed by atoms with E-state index < -0.39 is 0 Å². The lowest BCUT2D eigenvalue weighted by atomic mass is 9.87. The summed E-state index contributed by atoms with van der Waals surface area (Å²) in [4.78, 5) is 37.0. The van der Waals surface area contributed by atoms with Gasteiger partial charge >= 0.3 is 0 Å². The van der Waals surface area contributed by atoms with Crippen molar-refractivity contribution in [3.8, 4) is 11.4 Å². The number of nitrogens with zero attached hydrogens (tertiary/aromatic N) is 4. The number of hydrogen-bond acceptors (Lipinski definition) is 4. The number of aromatic nitrogens is 4. The summed E-state index contributed by atoms with van der Waals surface area (Å²) in [6.07, 6.45) is 2.06. The Morgan fingerprint density at radius 3 is 1.30 bits per heavy atom. The standard InChI is InChI=1S/C35H46N6O2/c1-24-30(32(42)40(38-24)26-16-11-9-12-17-26)28(22-34(3,4)5)36-20-15-21-37-29(23-35(6,7)8)31-25(2)39-41(33(31)43)27-18-13-10-14-19-27/h9-14,16-19,38-39H,15,20-23H2,1-8H3. The molecule has 0 saturated carbocycles. The summed E-state index contributed by atoms with van der Waals surface area (Å²) in [5, 5.41) is 6.49. The van der Waals surface area contributed by atoms with Crippen LogP contribution in [0.3, 0.4) is 0 Å². The monoisotopic (exact) mass is 582 g/mol. The topological polar surface area (TPSA) is 100 Å². The van der Waals surface area contributed by atoms with E-state index >= 15 is 0 Å². The second-order valence-electron chi connectivity index (χ2n) is 13.7. The Hall–Kier alpha value is -4.20. The van der Waals surface area contributed by atoms with Crippen LogP contribution in [-0.4, -0.2) is 44.1 Å². The van der Waals surface area contributed by atoms with E-state index in [0.29, 0.717) is 43.5 Å². The third-order valence-electron chi connectivity index (χ3n) is 7.07. The largest absolute Gasteiger partial charge is 0.295 e. The first kappa shape index (κ1) is 31.7. The molecule has 228 valence electrons. The summed E-state index contributed by atoms with van der Waals surface area (Å²) in [5.74, 6) is 0. The van der Waals surface area contributed by atoms with Gasteiger partial charge in [0.15, 0.2) is 0 Å². The summed E-state index contributed by atoms with van der Waals surface area (Å²) >= 11 is 0. The normalized spacial score (nSPS) is 13.1. The molecule has 0 spiro atoms. The minimum atomic E-state index is -0.0881. The molecule has 2 aromatic carbocycles. The first-order valence-electron chi connectivity index (χ1n) is 15.1. The number of nitrogens with one attached hydrogen (secondary N) is 2. The molecule has 2 aromatic heterocycles. The van der Waals surface area contributed by atoms with E-state index in [1.165, 1.54) is 0 Å². The second-order valence-corrected chi connectivity index (χ2v) is 13.7. The van der Waals surface area contributed by atoms with Crippen LogP contribution in [0.1, 0.15) is 83.3 Å². The van der Waals surface area contributed by atoms with Crippen molar-refractivity contribution in [2.45, 2.75) is 74.7 Å². The predicted octanol–water partition coefficient (Wildman–Crippen LogP) is 6.80. The highest BCUT2D eigenvalue weighted by Gasteiger charge is 2.24. The molecule has 0 aliphatic heterocycles. The quantitative estimate of drug-likeness (QED) is 0.159. The van der Waals surface area contributed by atoms with Crippen LogP contribution in [0.15, 0.2) is 80.2 Å². The molecular weight excluding hydrogens is 536 g/mol. The fourth-order valence-corrected chi connectivity index (χ4v) is 5.24. The number of aliphatic imine (C=N–C) groups is 2. The zero-order chi connectivity index (χ0) is 31.4. The molecule has 0 atom stereocenters. The Morgan fingerprint density at radius 2 is 0.977 bits per heavy atom. The van der Waals surface area contributed by atoms with Gasteiger partial charge in [-0.1, -0.05) is 77.9 Å². The average molecular weight is 583 g/mol. The molecule has 2 N–H and O–H groups in total. The lowest BCUT2D eigenvalue weighted by Crippen LogP contribution is -2.24. The SMILES string of the molecule is Cc1[nH]n(-c2ccccc2)c(=O)c1C(CC(C)(C)C)=NCCCN=C(CC(C)(C)C)c1c(C)[nH]n(-c2ccccc2)c1=O. The number of H-pyrrole nitrogens is 2. The molecule has 4 aromatic rings. The zero-order valence-corrected chi connectivity index (χ0v) is 26.9. The van der Waals surface area contributed by atoms with Crippen molar-refractivity contribution in [1.29, 1.82) is 0 Å². The van der Waals surface area contributed by atoms with Gasteiger partial charge in [0.2, 0.25) is 0 Å². The molecule has 0 fully saturated rings. The Morgan fingerprint density at radius 1 is 0.628 bits per heavy atom. The molecule has 43 heavy (non-hydrogen) atoms. The van der Waals surface area contributed by atoms with E-state index in [1.54, 1.807) is 9.36 Å². The van der Waals surface area contributed by atoms with Crippen molar-refractivity contribution >= 4 is 11.4 Å². The van der Waals surface area contributed by atoms with Gasteiger partial charge in [0, 0.05) is 35.9 Å². The molecule has 0 aliphatic rings. The van der Waals surface area contributed by atoms with Gasteiger partial charge in [-0.2, -0.15) is 0 Å². The Bertz CT molecular complexity index is 1570. The van der Waals surface area contributed by atoms with E-state index in [-0.39, 0.29) is 21.9 Å². The van der Waals surface area contributed by atoms with Gasteiger partial charge in [0.25, 0.3) is 11.1 Å². The number of para-hydroxylation sites is 2. The summed E-state index contributed by atoms with van der Waals surface area (Å²) in [7, 11) is 0. The van der Waals surface area contributed by atoms with Crippen molar-refractivity contribution in [1.82, 2.24) is 19.6 Å². The molecule has 0 bridgehead atoms. The summed E-state index contributed by atoms with van der Waals surface area (Å²) in [6, 6.07) is 19.2. The van der Waals surface area contributed by atoms with Crippen molar-refractivity contribution in [2.24, 2.45) is 20.8 Å². The average Bonchev–Trinajstić information content (AvgIpc) is 3.40. The van der Waals surface area contributed by atoms with Crippen LogP contribution in [-0.2, 0) is 0 Å². The van der Waals surface area contributed by atoms with Gasteiger partial charge in [-0.3, -0.25) is 29.8 Å². The third kappa shape index (κ3) is 8.00. The third-order valence-corrected chi connectivity index (χ3v) is 7.07. The second kappa shape index (κ2) is 13.0. The zero-order valence-electron chi connectivity index (χ0n) is 26.9. The Kier molecular flexibility index (Phi) is 9.58. The summed E-state index contributed by atoms with van der Waals surface area (Å²) in [6.45, 7) is 17.9. The minimum absolute atomic E-state index is 0.0466. The Balaban J connectivity index is 1.60. The molecule has 0 aliphatic carbocycles. The van der Waals surface area contributed by atoms with E-state index in [1.807, 2.05) is 74.5 Å². The molecule has 8 heteroatoms. The smallest absolute Gasteiger partial charge is 0.280 e. The minimum Gasteiger partial charge on any atom is -0.295 e. The fraction of sp³-hybridized carbons (Fsp3) is 0.429. The predicted molar refractivity (Wildman–Crippen MR) is 178 cm³/mol. The van der Waals surface area contributed by atoms with Gasteiger partial charge in [0.05, 0.1) is 22.5 Å². The number of aromatic amines is 2. The summed E-state index contributed by atoms with van der Waals surface area (Å²) < 4.78 is 3.18. The molecule has 0 amide bonds. The summed E-state index contributed by atoms with van der Waals surface area (Å²) in [5.41, 5.74) is 5.83. The van der Waals surface area contributed by atoms with Crippen molar-refractivity contribution < 1.29 is 0 Å². The number of hydrogen-bond donors (Lipinski definition) is 2. The first-order valence-corrected chi connectivity index (χ1v) is 15.1. The van der Waals surface area contributed by atoms with Gasteiger partial charge in [0.1, 0.15) is 0 Å². The van der Waals surface area contributed by atoms with E-state index in [4.69, 9.17) is 9.98 Å². The van der Waals surface area contributed by atoms with Crippen LogP contribution in [0.25, 0.3) is 11.4 Å². The van der Waals surface area contributed by atoms with E-state index in [0.717, 1.165) is 34.2 Å². The maximum absolute atomic E-state index is 13.5. The van der Waals surface area contributed by atoms with E-state index in [2.05, 4.69) is 51.7 Å². The van der Waals surface area contributed by atoms with Crippen molar-refractivity contribution in [2.75, 3.05) is 13.1 Å². The molecule has 4 rings (SSSR count). The number of aryl methyl sites for hydroxylation is 2. The molecular formula is C35H46N6O2. The number of rotatable bonds is 10. The maximum atomic E-state index is 13.5. The van der Waals surface area contributed by atoms with Crippen LogP contribution in [0.2, 0.25) is 0 Å². The highest BCUT2D eigenvalue weighted by atomic mass is 16.1. The molecule has 0 saturated heterocycles. The lowest BCUT2D eigenvalue weighted by molar-refractivity contribution is 0.433. The van der Waals surface area contributed by atoms with Gasteiger partial charge in [-0.05, 0) is 68.2 Å². The molecule has 0 unspecified atom stereocenters. The van der Waals surface area contributed by atoms with Crippen LogP contribution < -0.4 is 11.1 Å². The van der Waals surface area contributed by atoms with Crippen molar-refractivity contribution in [3.63, 3.8) is 0 Å². The number of benzene rings is 2. The molecule has 8 nitrogen and oxygen atoms in total. The van der Waals surface area contributed by atoms with Crippen LogP contribution in [0, 0.1) is 24.7 Å². The van der Waals surface area contributed by atoms with Gasteiger partial charge < -0.3 is 0 Å². The highest BCUT2D eigenvalue weighted by Crippen LogP contribution is 2.24. The highest BCUT2D eigenvalue weighted by molar-refractivity contribution is 6.02.